The molecular weight excluding hydrogens is 222 g/mol. The lowest BCUT2D eigenvalue weighted by Crippen LogP contribution is -2.29. The van der Waals surface area contributed by atoms with E-state index in [9.17, 15) is 8.78 Å². The normalized spacial score (nSPS) is 12.8. The largest absolute Gasteiger partial charge is 0.397 e. The number of hydrogen-bond donors (Lipinski definition) is 1. The Morgan fingerprint density at radius 2 is 2.00 bits per heavy atom. The maximum absolute atomic E-state index is 12.5. The molecule has 0 saturated heterocycles. The summed E-state index contributed by atoms with van der Waals surface area (Å²) < 4.78 is 25.0. The quantitative estimate of drug-likeness (QED) is 0.795. The van der Waals surface area contributed by atoms with Crippen molar-refractivity contribution in [3.8, 4) is 0 Å². The first-order valence-electron chi connectivity index (χ1n) is 5.87. The van der Waals surface area contributed by atoms with Crippen LogP contribution in [0, 0.1) is 0 Å². The summed E-state index contributed by atoms with van der Waals surface area (Å²) in [7, 11) is 1.94. The SMILES string of the molecule is CCCC(C)N(C)c1ccc(C(F)F)cc1N. The van der Waals surface area contributed by atoms with Crippen LogP contribution < -0.4 is 10.6 Å². The number of alkyl halides is 2. The topological polar surface area (TPSA) is 29.3 Å². The highest BCUT2D eigenvalue weighted by molar-refractivity contribution is 5.68. The smallest absolute Gasteiger partial charge is 0.263 e. The molecule has 0 amide bonds. The lowest BCUT2D eigenvalue weighted by atomic mass is 10.1. The van der Waals surface area contributed by atoms with E-state index in [1.165, 1.54) is 12.1 Å². The molecule has 96 valence electrons. The van der Waals surface area contributed by atoms with Crippen molar-refractivity contribution in [2.75, 3.05) is 17.7 Å². The van der Waals surface area contributed by atoms with E-state index >= 15 is 0 Å². The van der Waals surface area contributed by atoms with Crippen LogP contribution in [0.4, 0.5) is 20.2 Å². The second-order valence-electron chi connectivity index (χ2n) is 4.37. The van der Waals surface area contributed by atoms with Gasteiger partial charge in [-0.3, -0.25) is 0 Å². The van der Waals surface area contributed by atoms with Gasteiger partial charge in [-0.25, -0.2) is 8.78 Å². The zero-order valence-electron chi connectivity index (χ0n) is 10.6. The molecule has 17 heavy (non-hydrogen) atoms. The summed E-state index contributed by atoms with van der Waals surface area (Å²) >= 11 is 0. The van der Waals surface area contributed by atoms with Crippen LogP contribution in [0.15, 0.2) is 18.2 Å². The first-order valence-corrected chi connectivity index (χ1v) is 5.87. The Balaban J connectivity index is 2.91. The van der Waals surface area contributed by atoms with Gasteiger partial charge in [0, 0.05) is 18.7 Å². The summed E-state index contributed by atoms with van der Waals surface area (Å²) in [6, 6.07) is 4.81. The molecule has 1 aromatic carbocycles. The zero-order valence-corrected chi connectivity index (χ0v) is 10.6. The molecule has 0 bridgehead atoms. The van der Waals surface area contributed by atoms with Crippen LogP contribution in [-0.2, 0) is 0 Å². The van der Waals surface area contributed by atoms with Crippen LogP contribution in [0.25, 0.3) is 0 Å². The Morgan fingerprint density at radius 3 is 2.47 bits per heavy atom. The fourth-order valence-electron chi connectivity index (χ4n) is 1.88. The van der Waals surface area contributed by atoms with Crippen LogP contribution in [0.3, 0.4) is 0 Å². The van der Waals surface area contributed by atoms with E-state index in [2.05, 4.69) is 13.8 Å². The van der Waals surface area contributed by atoms with Crippen molar-refractivity contribution in [2.45, 2.75) is 39.2 Å². The number of benzene rings is 1. The molecule has 2 N–H and O–H groups in total. The first-order chi connectivity index (χ1) is 7.97. The summed E-state index contributed by atoms with van der Waals surface area (Å²) in [4.78, 5) is 2.04. The summed E-state index contributed by atoms with van der Waals surface area (Å²) in [6.45, 7) is 4.22. The maximum Gasteiger partial charge on any atom is 0.263 e. The molecule has 0 fully saturated rings. The third-order valence-electron chi connectivity index (χ3n) is 3.05. The van der Waals surface area contributed by atoms with Crippen LogP contribution >= 0.6 is 0 Å². The molecule has 0 spiro atoms. The molecule has 1 aromatic rings. The van der Waals surface area contributed by atoms with Crippen molar-refractivity contribution in [3.63, 3.8) is 0 Å². The van der Waals surface area contributed by atoms with Gasteiger partial charge >= 0.3 is 0 Å². The molecule has 0 aliphatic rings. The number of nitrogen functional groups attached to an aromatic ring is 1. The molecular formula is C13H20F2N2. The molecule has 0 saturated carbocycles. The van der Waals surface area contributed by atoms with Crippen LogP contribution in [0.5, 0.6) is 0 Å². The van der Waals surface area contributed by atoms with Gasteiger partial charge in [-0.05, 0) is 25.5 Å². The van der Waals surface area contributed by atoms with Crippen molar-refractivity contribution < 1.29 is 8.78 Å². The van der Waals surface area contributed by atoms with E-state index in [0.29, 0.717) is 11.7 Å². The van der Waals surface area contributed by atoms with Gasteiger partial charge in [0.2, 0.25) is 0 Å². The summed E-state index contributed by atoms with van der Waals surface area (Å²) in [5, 5.41) is 0. The number of nitrogens with two attached hydrogens (primary N) is 1. The second kappa shape index (κ2) is 5.84. The van der Waals surface area contributed by atoms with Crippen molar-refractivity contribution in [1.82, 2.24) is 0 Å². The number of anilines is 2. The lowest BCUT2D eigenvalue weighted by Gasteiger charge is -2.28. The van der Waals surface area contributed by atoms with E-state index < -0.39 is 6.43 Å². The zero-order chi connectivity index (χ0) is 13.0. The van der Waals surface area contributed by atoms with Gasteiger partial charge in [0.15, 0.2) is 0 Å². The average molecular weight is 242 g/mol. The van der Waals surface area contributed by atoms with Gasteiger partial charge in [-0.2, -0.15) is 0 Å². The molecule has 1 atom stereocenters. The molecule has 2 nitrogen and oxygen atoms in total. The Labute approximate surface area is 101 Å². The number of rotatable bonds is 5. The van der Waals surface area contributed by atoms with Gasteiger partial charge in [0.05, 0.1) is 11.4 Å². The Hall–Kier alpha value is -1.32. The van der Waals surface area contributed by atoms with E-state index in [1.807, 2.05) is 11.9 Å². The third kappa shape index (κ3) is 3.32. The maximum atomic E-state index is 12.5. The van der Waals surface area contributed by atoms with Gasteiger partial charge in [0.1, 0.15) is 0 Å². The highest BCUT2D eigenvalue weighted by Gasteiger charge is 2.14. The van der Waals surface area contributed by atoms with Crippen LogP contribution in [0.2, 0.25) is 0 Å². The molecule has 0 radical (unpaired) electrons. The molecule has 0 heterocycles. The Bertz CT molecular complexity index is 366. The fourth-order valence-corrected chi connectivity index (χ4v) is 1.88. The lowest BCUT2D eigenvalue weighted by molar-refractivity contribution is 0.151. The predicted octanol–water partition coefficient (Wildman–Crippen LogP) is 3.83. The molecule has 0 aromatic heterocycles. The fraction of sp³-hybridized carbons (Fsp3) is 0.538. The molecule has 1 unspecified atom stereocenters. The van der Waals surface area contributed by atoms with E-state index in [-0.39, 0.29) is 5.56 Å². The Kier molecular flexibility index (Phi) is 4.73. The number of halogens is 2. The van der Waals surface area contributed by atoms with Gasteiger partial charge in [-0.15, -0.1) is 0 Å². The monoisotopic (exact) mass is 242 g/mol. The van der Waals surface area contributed by atoms with Crippen molar-refractivity contribution in [3.05, 3.63) is 23.8 Å². The average Bonchev–Trinajstić information content (AvgIpc) is 2.28. The van der Waals surface area contributed by atoms with E-state index in [0.717, 1.165) is 18.5 Å². The molecule has 1 rings (SSSR count). The minimum Gasteiger partial charge on any atom is -0.397 e. The van der Waals surface area contributed by atoms with Crippen LogP contribution in [-0.4, -0.2) is 13.1 Å². The van der Waals surface area contributed by atoms with Crippen LogP contribution in [0.1, 0.15) is 38.7 Å². The molecule has 0 aliphatic heterocycles. The highest BCUT2D eigenvalue weighted by Crippen LogP contribution is 2.29. The van der Waals surface area contributed by atoms with Crippen molar-refractivity contribution in [2.24, 2.45) is 0 Å². The number of nitrogens with zero attached hydrogens (tertiary/aromatic N) is 1. The predicted molar refractivity (Wildman–Crippen MR) is 68.6 cm³/mol. The summed E-state index contributed by atoms with van der Waals surface area (Å²) in [5.74, 6) is 0. The Morgan fingerprint density at radius 1 is 1.35 bits per heavy atom. The third-order valence-corrected chi connectivity index (χ3v) is 3.05. The second-order valence-corrected chi connectivity index (χ2v) is 4.37. The minimum absolute atomic E-state index is 0.0252. The van der Waals surface area contributed by atoms with Gasteiger partial charge < -0.3 is 10.6 Å². The van der Waals surface area contributed by atoms with Crippen molar-refractivity contribution >= 4 is 11.4 Å². The summed E-state index contributed by atoms with van der Waals surface area (Å²) in [6.07, 6.45) is -0.336. The molecule has 4 heteroatoms. The number of hydrogen-bond acceptors (Lipinski definition) is 2. The standard InChI is InChI=1S/C13H20F2N2/c1-4-5-9(2)17(3)12-7-6-10(13(14)15)8-11(12)16/h6-9,13H,4-5,16H2,1-3H3. The van der Waals surface area contributed by atoms with E-state index in [1.54, 1.807) is 6.07 Å². The van der Waals surface area contributed by atoms with E-state index in [4.69, 9.17) is 5.73 Å². The van der Waals surface area contributed by atoms with Gasteiger partial charge in [-0.1, -0.05) is 19.4 Å². The minimum atomic E-state index is -2.47. The first kappa shape index (κ1) is 13.7. The highest BCUT2D eigenvalue weighted by atomic mass is 19.3. The summed E-state index contributed by atoms with van der Waals surface area (Å²) in [5.41, 5.74) is 7.02. The van der Waals surface area contributed by atoms with Crippen molar-refractivity contribution in [1.29, 1.82) is 0 Å². The van der Waals surface area contributed by atoms with Gasteiger partial charge in [0.25, 0.3) is 6.43 Å². The molecule has 0 aliphatic carbocycles.